The lowest BCUT2D eigenvalue weighted by atomic mass is 10.1. The number of hydrogen-bond donors (Lipinski definition) is 3. The summed E-state index contributed by atoms with van der Waals surface area (Å²) >= 11 is 0. The van der Waals surface area contributed by atoms with E-state index in [2.05, 4.69) is 26.0 Å². The third kappa shape index (κ3) is 2.72. The average molecular weight is 367 g/mol. The number of nitrogens with two attached hydrogens (primary N) is 1. The number of nitrogens with one attached hydrogen (secondary N) is 2. The van der Waals surface area contributed by atoms with Crippen molar-refractivity contribution in [2.45, 2.75) is 6.42 Å². The van der Waals surface area contributed by atoms with Crippen LogP contribution < -0.4 is 11.3 Å². The molecule has 0 saturated heterocycles. The summed E-state index contributed by atoms with van der Waals surface area (Å²) in [7, 11) is 0. The zero-order valence-electron chi connectivity index (χ0n) is 14.9. The molecule has 136 valence electrons. The number of H-pyrrole nitrogens is 2. The number of para-hydroxylation sites is 1. The number of fused-ring (bicyclic) bond motifs is 2. The molecule has 28 heavy (non-hydrogen) atoms. The largest absolute Gasteiger partial charge is 0.397 e. The fourth-order valence-corrected chi connectivity index (χ4v) is 3.53. The molecule has 0 aliphatic rings. The molecule has 3 aromatic heterocycles. The summed E-state index contributed by atoms with van der Waals surface area (Å²) in [6, 6.07) is 17.5. The van der Waals surface area contributed by atoms with Crippen molar-refractivity contribution in [3.63, 3.8) is 0 Å². The SMILES string of the molecule is Nc1c(-c2nc3ccc(Cc4ccncc4)cc3[nH]2)c(=O)[nH]c2ccccc12. The molecule has 6 heteroatoms. The molecule has 6 nitrogen and oxygen atoms in total. The number of rotatable bonds is 3. The zero-order valence-corrected chi connectivity index (χ0v) is 14.9. The van der Waals surface area contributed by atoms with Crippen LogP contribution in [0, 0.1) is 0 Å². The maximum Gasteiger partial charge on any atom is 0.261 e. The van der Waals surface area contributed by atoms with E-state index < -0.39 is 0 Å². The van der Waals surface area contributed by atoms with Gasteiger partial charge in [-0.15, -0.1) is 0 Å². The van der Waals surface area contributed by atoms with Crippen molar-refractivity contribution in [1.82, 2.24) is 19.9 Å². The second-order valence-electron chi connectivity index (χ2n) is 6.76. The van der Waals surface area contributed by atoms with Crippen LogP contribution >= 0.6 is 0 Å². The summed E-state index contributed by atoms with van der Waals surface area (Å²) in [6.45, 7) is 0. The Hall–Kier alpha value is -3.93. The lowest BCUT2D eigenvalue weighted by Gasteiger charge is -2.06. The average Bonchev–Trinajstić information content (AvgIpc) is 3.11. The summed E-state index contributed by atoms with van der Waals surface area (Å²) in [5.74, 6) is 0.473. The van der Waals surface area contributed by atoms with Gasteiger partial charge in [-0.05, 0) is 47.9 Å². The Morgan fingerprint density at radius 3 is 2.57 bits per heavy atom. The maximum absolute atomic E-state index is 12.6. The number of benzene rings is 2. The highest BCUT2D eigenvalue weighted by molar-refractivity contribution is 5.97. The highest BCUT2D eigenvalue weighted by atomic mass is 16.1. The van der Waals surface area contributed by atoms with Crippen molar-refractivity contribution >= 4 is 27.6 Å². The van der Waals surface area contributed by atoms with Crippen LogP contribution in [-0.4, -0.2) is 19.9 Å². The lowest BCUT2D eigenvalue weighted by Crippen LogP contribution is -2.13. The van der Waals surface area contributed by atoms with Crippen molar-refractivity contribution in [3.05, 3.63) is 88.5 Å². The van der Waals surface area contributed by atoms with E-state index in [1.807, 2.05) is 48.5 Å². The van der Waals surface area contributed by atoms with Gasteiger partial charge in [-0.2, -0.15) is 0 Å². The first kappa shape index (κ1) is 16.3. The van der Waals surface area contributed by atoms with Gasteiger partial charge in [0.1, 0.15) is 11.4 Å². The van der Waals surface area contributed by atoms with Gasteiger partial charge in [0, 0.05) is 17.8 Å². The van der Waals surface area contributed by atoms with E-state index in [1.54, 1.807) is 12.4 Å². The van der Waals surface area contributed by atoms with Crippen molar-refractivity contribution < 1.29 is 0 Å². The third-order valence-electron chi connectivity index (χ3n) is 4.90. The Morgan fingerprint density at radius 1 is 0.893 bits per heavy atom. The zero-order chi connectivity index (χ0) is 19.1. The summed E-state index contributed by atoms with van der Waals surface area (Å²) in [5.41, 5.74) is 11.6. The molecular weight excluding hydrogens is 350 g/mol. The number of imidazole rings is 1. The monoisotopic (exact) mass is 367 g/mol. The van der Waals surface area contributed by atoms with Crippen LogP contribution in [0.5, 0.6) is 0 Å². The van der Waals surface area contributed by atoms with Gasteiger partial charge in [0.25, 0.3) is 5.56 Å². The molecule has 2 aromatic carbocycles. The second kappa shape index (κ2) is 6.35. The van der Waals surface area contributed by atoms with E-state index in [4.69, 9.17) is 5.73 Å². The summed E-state index contributed by atoms with van der Waals surface area (Å²) in [6.07, 6.45) is 4.37. The van der Waals surface area contributed by atoms with Gasteiger partial charge in [0.05, 0.1) is 22.2 Å². The smallest absolute Gasteiger partial charge is 0.261 e. The van der Waals surface area contributed by atoms with Crippen LogP contribution in [-0.2, 0) is 6.42 Å². The number of aromatic nitrogens is 4. The van der Waals surface area contributed by atoms with Gasteiger partial charge in [-0.1, -0.05) is 24.3 Å². The minimum atomic E-state index is -0.257. The van der Waals surface area contributed by atoms with Gasteiger partial charge in [0.15, 0.2) is 0 Å². The van der Waals surface area contributed by atoms with Crippen molar-refractivity contribution in [3.8, 4) is 11.4 Å². The van der Waals surface area contributed by atoms with Crippen LogP contribution in [0.1, 0.15) is 11.1 Å². The minimum absolute atomic E-state index is 0.257. The third-order valence-corrected chi connectivity index (χ3v) is 4.90. The fourth-order valence-electron chi connectivity index (χ4n) is 3.53. The van der Waals surface area contributed by atoms with Gasteiger partial charge in [-0.25, -0.2) is 4.98 Å². The second-order valence-corrected chi connectivity index (χ2v) is 6.76. The van der Waals surface area contributed by atoms with Crippen LogP contribution in [0.4, 0.5) is 5.69 Å². The van der Waals surface area contributed by atoms with Crippen molar-refractivity contribution in [2.75, 3.05) is 5.73 Å². The van der Waals surface area contributed by atoms with Crippen LogP contribution in [0.25, 0.3) is 33.3 Å². The number of nitrogen functional groups attached to an aromatic ring is 1. The van der Waals surface area contributed by atoms with E-state index in [0.29, 0.717) is 22.6 Å². The molecule has 3 heterocycles. The predicted octanol–water partition coefficient (Wildman–Crippen LogP) is 3.64. The first-order valence-electron chi connectivity index (χ1n) is 8.97. The van der Waals surface area contributed by atoms with E-state index in [-0.39, 0.29) is 5.56 Å². The molecule has 0 fully saturated rings. The molecule has 0 aliphatic heterocycles. The molecule has 0 aliphatic carbocycles. The molecule has 0 bridgehead atoms. The molecule has 0 saturated carbocycles. The van der Waals surface area contributed by atoms with E-state index in [9.17, 15) is 4.79 Å². The van der Waals surface area contributed by atoms with Gasteiger partial charge in [-0.3, -0.25) is 9.78 Å². The van der Waals surface area contributed by atoms with Crippen LogP contribution in [0.2, 0.25) is 0 Å². The Kier molecular flexibility index (Phi) is 3.69. The lowest BCUT2D eigenvalue weighted by molar-refractivity contribution is 1.17. The molecule has 5 aromatic rings. The summed E-state index contributed by atoms with van der Waals surface area (Å²) < 4.78 is 0. The topological polar surface area (TPSA) is 100 Å². The summed E-state index contributed by atoms with van der Waals surface area (Å²) in [4.78, 5) is 27.4. The summed E-state index contributed by atoms with van der Waals surface area (Å²) in [5, 5.41) is 0.802. The van der Waals surface area contributed by atoms with E-state index in [1.165, 1.54) is 5.56 Å². The first-order chi connectivity index (χ1) is 13.7. The fraction of sp³-hybridized carbons (Fsp3) is 0.0455. The first-order valence-corrected chi connectivity index (χ1v) is 8.97. The molecule has 4 N–H and O–H groups in total. The predicted molar refractivity (Wildman–Crippen MR) is 111 cm³/mol. The Bertz CT molecular complexity index is 1370. The Balaban J connectivity index is 1.61. The van der Waals surface area contributed by atoms with Crippen molar-refractivity contribution in [1.29, 1.82) is 0 Å². The van der Waals surface area contributed by atoms with E-state index >= 15 is 0 Å². The quantitative estimate of drug-likeness (QED) is 0.453. The molecule has 0 radical (unpaired) electrons. The maximum atomic E-state index is 12.6. The number of anilines is 1. The van der Waals surface area contributed by atoms with E-state index in [0.717, 1.165) is 28.4 Å². The van der Waals surface area contributed by atoms with Gasteiger partial charge in [0.2, 0.25) is 0 Å². The van der Waals surface area contributed by atoms with Crippen LogP contribution in [0.15, 0.2) is 71.8 Å². The minimum Gasteiger partial charge on any atom is -0.397 e. The number of pyridine rings is 2. The van der Waals surface area contributed by atoms with Crippen molar-refractivity contribution in [2.24, 2.45) is 0 Å². The number of aromatic amines is 2. The van der Waals surface area contributed by atoms with Crippen LogP contribution in [0.3, 0.4) is 0 Å². The molecule has 0 atom stereocenters. The number of nitrogens with zero attached hydrogens (tertiary/aromatic N) is 2. The molecule has 0 amide bonds. The Labute approximate surface area is 160 Å². The molecule has 0 unspecified atom stereocenters. The molecule has 0 spiro atoms. The van der Waals surface area contributed by atoms with Gasteiger partial charge < -0.3 is 15.7 Å². The highest BCUT2D eigenvalue weighted by Crippen LogP contribution is 2.28. The standard InChI is InChI=1S/C22H17N5O/c23-20-15-3-1-2-4-16(15)27-22(28)19(20)21-25-17-6-5-14(12-18(17)26-21)11-13-7-9-24-10-8-13/h1-10,12H,11H2,(H,25,26)(H3,23,27,28). The normalized spacial score (nSPS) is 11.3. The Morgan fingerprint density at radius 2 is 1.71 bits per heavy atom. The molecule has 5 rings (SSSR count). The molecular formula is C22H17N5O. The highest BCUT2D eigenvalue weighted by Gasteiger charge is 2.16. The van der Waals surface area contributed by atoms with Gasteiger partial charge >= 0.3 is 0 Å². The number of hydrogen-bond acceptors (Lipinski definition) is 4.